The molecule has 0 radical (unpaired) electrons. The lowest BCUT2D eigenvalue weighted by atomic mass is 10.0. The summed E-state index contributed by atoms with van der Waals surface area (Å²) in [6.07, 6.45) is 2.35. The highest BCUT2D eigenvalue weighted by atomic mass is 32.2. The Labute approximate surface area is 190 Å². The van der Waals surface area contributed by atoms with Crippen LogP contribution in [0.25, 0.3) is 0 Å². The number of methoxy groups -OCH3 is 2. The molecular formula is C24H35NO4SSi. The molecular weight excluding hydrogens is 426 g/mol. The van der Waals surface area contributed by atoms with E-state index in [2.05, 4.69) is 38.3 Å². The molecule has 0 aliphatic heterocycles. The van der Waals surface area contributed by atoms with Gasteiger partial charge in [0.15, 0.2) is 30.8 Å². The van der Waals surface area contributed by atoms with E-state index in [1.165, 1.54) is 0 Å². The van der Waals surface area contributed by atoms with Gasteiger partial charge in [-0.3, -0.25) is 0 Å². The quantitative estimate of drug-likeness (QED) is 0.354. The van der Waals surface area contributed by atoms with Crippen LogP contribution >= 0.6 is 0 Å². The molecule has 2 aromatic carbocycles. The fourth-order valence-corrected chi connectivity index (χ4v) is 4.47. The Morgan fingerprint density at radius 3 is 2.16 bits per heavy atom. The summed E-state index contributed by atoms with van der Waals surface area (Å²) in [4.78, 5) is 0.671. The molecule has 0 N–H and O–H groups in total. The summed E-state index contributed by atoms with van der Waals surface area (Å²) in [5, 5.41) is 0.153. The Balaban J connectivity index is 2.28. The Bertz CT molecular complexity index is 934. The molecule has 0 spiro atoms. The standard InChI is InChI=1S/C24H35NO4SSi/c1-18-9-11-21(12-10-18)30(26)25-17-20-16-23(28-6)22(27-5)15-19(20)13-14-29-31(7,8)24(2,3)4/h9-12,15-17H,13-14H2,1-8H3/b25-17+. The average molecular weight is 462 g/mol. The van der Waals surface area contributed by atoms with Crippen LogP contribution in [-0.2, 0) is 21.8 Å². The number of nitrogens with zero attached hydrogens (tertiary/aromatic N) is 1. The van der Waals surface area contributed by atoms with Gasteiger partial charge in [-0.05, 0) is 61.3 Å². The highest BCUT2D eigenvalue weighted by Gasteiger charge is 2.36. The van der Waals surface area contributed by atoms with Crippen LogP contribution in [-0.4, -0.2) is 39.6 Å². The van der Waals surface area contributed by atoms with E-state index in [9.17, 15) is 4.21 Å². The maximum absolute atomic E-state index is 12.6. The number of ether oxygens (including phenoxy) is 2. The SMILES string of the molecule is COc1cc(/C=N/S(=O)c2ccc(C)cc2)c(CCO[Si](C)(C)C(C)(C)C)cc1OC. The highest BCUT2D eigenvalue weighted by Crippen LogP contribution is 2.37. The molecule has 170 valence electrons. The third-order valence-electron chi connectivity index (χ3n) is 5.80. The van der Waals surface area contributed by atoms with Crippen LogP contribution < -0.4 is 9.47 Å². The Kier molecular flexibility index (Phi) is 8.62. The van der Waals surface area contributed by atoms with Crippen molar-refractivity contribution in [3.05, 3.63) is 53.1 Å². The second-order valence-corrected chi connectivity index (χ2v) is 15.1. The molecule has 5 nitrogen and oxygen atoms in total. The summed E-state index contributed by atoms with van der Waals surface area (Å²) < 4.78 is 34.2. The minimum absolute atomic E-state index is 0.153. The minimum atomic E-state index is -1.84. The predicted octanol–water partition coefficient (Wildman–Crippen LogP) is 5.72. The summed E-state index contributed by atoms with van der Waals surface area (Å²) in [5.74, 6) is 1.26. The molecule has 1 atom stereocenters. The van der Waals surface area contributed by atoms with E-state index in [1.807, 2.05) is 43.3 Å². The lowest BCUT2D eigenvalue weighted by Gasteiger charge is -2.36. The monoisotopic (exact) mass is 461 g/mol. The number of hydrogen-bond donors (Lipinski definition) is 0. The Morgan fingerprint density at radius 1 is 1.03 bits per heavy atom. The number of benzene rings is 2. The van der Waals surface area contributed by atoms with Crippen molar-refractivity contribution >= 4 is 25.5 Å². The van der Waals surface area contributed by atoms with E-state index in [0.29, 0.717) is 29.4 Å². The molecule has 0 aromatic heterocycles. The van der Waals surface area contributed by atoms with Gasteiger partial charge in [-0.2, -0.15) is 4.40 Å². The number of aryl methyl sites for hydroxylation is 1. The fraction of sp³-hybridized carbons (Fsp3) is 0.458. The maximum Gasteiger partial charge on any atom is 0.191 e. The van der Waals surface area contributed by atoms with Crippen molar-refractivity contribution in [2.45, 2.75) is 57.1 Å². The van der Waals surface area contributed by atoms with Gasteiger partial charge in [0.2, 0.25) is 0 Å². The van der Waals surface area contributed by atoms with Crippen LogP contribution in [0.3, 0.4) is 0 Å². The Hall–Kier alpha value is -1.96. The average Bonchev–Trinajstić information content (AvgIpc) is 2.71. The van der Waals surface area contributed by atoms with Crippen molar-refractivity contribution < 1.29 is 18.1 Å². The van der Waals surface area contributed by atoms with Crippen LogP contribution in [0.1, 0.15) is 37.5 Å². The van der Waals surface area contributed by atoms with E-state index in [0.717, 1.165) is 16.7 Å². The zero-order valence-electron chi connectivity index (χ0n) is 19.9. The van der Waals surface area contributed by atoms with Crippen molar-refractivity contribution in [3.8, 4) is 11.5 Å². The van der Waals surface area contributed by atoms with Crippen molar-refractivity contribution in [1.82, 2.24) is 0 Å². The van der Waals surface area contributed by atoms with Crippen LogP contribution in [0, 0.1) is 6.92 Å². The summed E-state index contributed by atoms with van der Waals surface area (Å²) in [6.45, 7) is 13.8. The second kappa shape index (κ2) is 10.6. The van der Waals surface area contributed by atoms with E-state index >= 15 is 0 Å². The molecule has 0 saturated heterocycles. The van der Waals surface area contributed by atoms with Gasteiger partial charge < -0.3 is 13.9 Å². The largest absolute Gasteiger partial charge is 0.493 e. The highest BCUT2D eigenvalue weighted by molar-refractivity contribution is 7.83. The van der Waals surface area contributed by atoms with Crippen LogP contribution in [0.2, 0.25) is 18.1 Å². The summed E-state index contributed by atoms with van der Waals surface area (Å²) in [5.41, 5.74) is 2.98. The van der Waals surface area contributed by atoms with Crippen LogP contribution in [0.4, 0.5) is 0 Å². The van der Waals surface area contributed by atoms with E-state index in [-0.39, 0.29) is 5.04 Å². The van der Waals surface area contributed by atoms with Crippen molar-refractivity contribution in [2.24, 2.45) is 4.40 Å². The lowest BCUT2D eigenvalue weighted by Crippen LogP contribution is -2.41. The first-order valence-electron chi connectivity index (χ1n) is 10.4. The third-order valence-corrected chi connectivity index (χ3v) is 11.3. The molecule has 2 aromatic rings. The van der Waals surface area contributed by atoms with E-state index in [4.69, 9.17) is 13.9 Å². The van der Waals surface area contributed by atoms with Gasteiger partial charge in [0, 0.05) is 18.4 Å². The van der Waals surface area contributed by atoms with Crippen molar-refractivity contribution in [3.63, 3.8) is 0 Å². The zero-order valence-corrected chi connectivity index (χ0v) is 21.8. The maximum atomic E-state index is 12.6. The Morgan fingerprint density at radius 2 is 1.61 bits per heavy atom. The van der Waals surface area contributed by atoms with Crippen molar-refractivity contribution in [1.29, 1.82) is 0 Å². The van der Waals surface area contributed by atoms with Gasteiger partial charge in [-0.15, -0.1) is 0 Å². The van der Waals surface area contributed by atoms with Gasteiger partial charge in [-0.25, -0.2) is 4.21 Å². The minimum Gasteiger partial charge on any atom is -0.493 e. The molecule has 7 heteroatoms. The second-order valence-electron chi connectivity index (χ2n) is 9.06. The first-order valence-corrected chi connectivity index (χ1v) is 14.4. The van der Waals surface area contributed by atoms with Crippen molar-refractivity contribution in [2.75, 3.05) is 20.8 Å². The molecule has 1 unspecified atom stereocenters. The van der Waals surface area contributed by atoms with Gasteiger partial charge >= 0.3 is 0 Å². The smallest absolute Gasteiger partial charge is 0.191 e. The van der Waals surface area contributed by atoms with E-state index < -0.39 is 19.3 Å². The molecule has 0 amide bonds. The molecule has 0 aliphatic carbocycles. The topological polar surface area (TPSA) is 57.1 Å². The number of hydrogen-bond acceptors (Lipinski definition) is 4. The van der Waals surface area contributed by atoms with Gasteiger partial charge in [0.1, 0.15) is 0 Å². The molecule has 0 fully saturated rings. The molecule has 0 aliphatic rings. The third kappa shape index (κ3) is 6.76. The van der Waals surface area contributed by atoms with Crippen LogP contribution in [0.15, 0.2) is 45.7 Å². The summed E-state index contributed by atoms with van der Waals surface area (Å²) >= 11 is 0. The zero-order chi connectivity index (χ0) is 23.2. The molecule has 0 heterocycles. The molecule has 0 bridgehead atoms. The summed E-state index contributed by atoms with van der Waals surface area (Å²) in [7, 11) is -0.0943. The number of rotatable bonds is 9. The van der Waals surface area contributed by atoms with E-state index in [1.54, 1.807) is 20.4 Å². The van der Waals surface area contributed by atoms with Gasteiger partial charge in [0.05, 0.1) is 19.1 Å². The first-order chi connectivity index (χ1) is 14.5. The summed E-state index contributed by atoms with van der Waals surface area (Å²) in [6, 6.07) is 11.4. The first kappa shape index (κ1) is 25.3. The predicted molar refractivity (Wildman–Crippen MR) is 132 cm³/mol. The fourth-order valence-electron chi connectivity index (χ4n) is 2.73. The van der Waals surface area contributed by atoms with Gasteiger partial charge in [-0.1, -0.05) is 38.5 Å². The van der Waals surface area contributed by atoms with Crippen LogP contribution in [0.5, 0.6) is 11.5 Å². The molecule has 0 saturated carbocycles. The molecule has 31 heavy (non-hydrogen) atoms. The normalized spacial score (nSPS) is 13.4. The van der Waals surface area contributed by atoms with Gasteiger partial charge in [0.25, 0.3) is 0 Å². The lowest BCUT2D eigenvalue weighted by molar-refractivity contribution is 0.291. The molecule has 2 rings (SSSR count).